The second-order valence-electron chi connectivity index (χ2n) is 10.1. The minimum absolute atomic E-state index is 0.0757. The van der Waals surface area contributed by atoms with Gasteiger partial charge in [0.05, 0.1) is 22.5 Å². The molecule has 5 N–H and O–H groups in total. The minimum Gasteiger partial charge on any atom is -0.444 e. The van der Waals surface area contributed by atoms with Gasteiger partial charge in [-0.1, -0.05) is 74.5 Å². The van der Waals surface area contributed by atoms with E-state index in [9.17, 15) is 19.5 Å². The van der Waals surface area contributed by atoms with Crippen LogP contribution in [0.3, 0.4) is 0 Å². The predicted molar refractivity (Wildman–Crippen MR) is 158 cm³/mol. The van der Waals surface area contributed by atoms with Crippen molar-refractivity contribution in [3.05, 3.63) is 88.4 Å². The quantitative estimate of drug-likeness (QED) is 0.198. The van der Waals surface area contributed by atoms with E-state index in [2.05, 4.69) is 26.3 Å². The Balaban J connectivity index is 1.77. The molecule has 10 nitrogen and oxygen atoms in total. The van der Waals surface area contributed by atoms with Gasteiger partial charge in [0, 0.05) is 19.3 Å². The number of amides is 4. The first kappa shape index (κ1) is 31.6. The van der Waals surface area contributed by atoms with E-state index in [1.165, 1.54) is 18.4 Å². The maximum Gasteiger partial charge on any atom is 0.407 e. The van der Waals surface area contributed by atoms with E-state index in [1.807, 2.05) is 74.5 Å². The van der Waals surface area contributed by atoms with Gasteiger partial charge in [-0.3, -0.25) is 9.78 Å². The number of alkyl carbamates (subject to hydrolysis) is 1. The lowest BCUT2D eigenvalue weighted by molar-refractivity contribution is -0.124. The molecule has 4 amide bonds. The van der Waals surface area contributed by atoms with Gasteiger partial charge in [0.2, 0.25) is 5.91 Å². The minimum atomic E-state index is -1.02. The van der Waals surface area contributed by atoms with E-state index in [1.54, 1.807) is 11.7 Å². The summed E-state index contributed by atoms with van der Waals surface area (Å²) < 4.78 is 5.37. The molecule has 0 saturated heterocycles. The molecule has 0 aliphatic heterocycles. The highest BCUT2D eigenvalue weighted by molar-refractivity contribution is 7.09. The summed E-state index contributed by atoms with van der Waals surface area (Å²) in [5.41, 5.74) is 3.56. The van der Waals surface area contributed by atoms with Gasteiger partial charge in [-0.15, -0.1) is 11.3 Å². The maximum atomic E-state index is 13.3. The summed E-state index contributed by atoms with van der Waals surface area (Å²) in [6.07, 6.45) is 0.909. The number of aliphatic hydroxyl groups excluding tert-OH is 1. The Kier molecular flexibility index (Phi) is 12.6. The molecule has 41 heavy (non-hydrogen) atoms. The van der Waals surface area contributed by atoms with Crippen LogP contribution >= 0.6 is 11.3 Å². The zero-order chi connectivity index (χ0) is 29.6. The highest BCUT2D eigenvalue weighted by Crippen LogP contribution is 2.16. The van der Waals surface area contributed by atoms with Gasteiger partial charge in [-0.05, 0) is 36.3 Å². The smallest absolute Gasteiger partial charge is 0.407 e. The number of carbonyl (C=O) groups excluding carboxylic acids is 3. The van der Waals surface area contributed by atoms with E-state index >= 15 is 0 Å². The van der Waals surface area contributed by atoms with E-state index in [0.29, 0.717) is 12.8 Å². The van der Waals surface area contributed by atoms with Gasteiger partial charge in [0.1, 0.15) is 12.6 Å². The summed E-state index contributed by atoms with van der Waals surface area (Å²) in [5, 5.41) is 22.5. The standard InChI is InChI=1S/C30H39N5O5S/c1-20(2)27(35-29(38)31-3)28(37)33-23(14-21-10-6-4-7-11-21)16-26(36)25(15-22-12-8-5-9-13-22)34-30(39)40-18-24-17-32-19-41-24/h4-13,17,19-20,23,25-27,36H,14-16,18H2,1-3H3,(H,33,37)(H,34,39)(H2,31,35,38)/t23-,25-,26-,27?/m0/s1. The van der Waals surface area contributed by atoms with Crippen molar-refractivity contribution in [2.75, 3.05) is 7.05 Å². The molecule has 1 unspecified atom stereocenters. The maximum absolute atomic E-state index is 13.3. The molecule has 2 aromatic carbocycles. The lowest BCUT2D eigenvalue weighted by atomic mass is 9.93. The Hall–Kier alpha value is -3.96. The number of ether oxygens (including phenoxy) is 1. The third-order valence-electron chi connectivity index (χ3n) is 6.56. The molecule has 0 saturated carbocycles. The highest BCUT2D eigenvalue weighted by atomic mass is 32.1. The van der Waals surface area contributed by atoms with Crippen LogP contribution in [0.4, 0.5) is 9.59 Å². The highest BCUT2D eigenvalue weighted by Gasteiger charge is 2.30. The second kappa shape index (κ2) is 16.3. The van der Waals surface area contributed by atoms with Crippen molar-refractivity contribution in [3.63, 3.8) is 0 Å². The molecule has 3 rings (SSSR count). The average molecular weight is 582 g/mol. The van der Waals surface area contributed by atoms with Gasteiger partial charge in [-0.2, -0.15) is 0 Å². The number of carbonyl (C=O) groups is 3. The number of urea groups is 1. The van der Waals surface area contributed by atoms with Crippen LogP contribution in [0.25, 0.3) is 0 Å². The molecule has 0 aliphatic carbocycles. The molecule has 1 heterocycles. The van der Waals surface area contributed by atoms with Crippen molar-refractivity contribution < 1.29 is 24.2 Å². The summed E-state index contributed by atoms with van der Waals surface area (Å²) in [5.74, 6) is -0.524. The molecule has 0 fully saturated rings. The van der Waals surface area contributed by atoms with E-state index in [0.717, 1.165) is 16.0 Å². The van der Waals surface area contributed by atoms with Gasteiger partial charge >= 0.3 is 12.1 Å². The van der Waals surface area contributed by atoms with Gasteiger partial charge in [0.25, 0.3) is 0 Å². The molecule has 4 atom stereocenters. The lowest BCUT2D eigenvalue weighted by Gasteiger charge is -2.30. The van der Waals surface area contributed by atoms with Gasteiger partial charge in [0.15, 0.2) is 0 Å². The monoisotopic (exact) mass is 581 g/mol. The van der Waals surface area contributed by atoms with Gasteiger partial charge in [-0.25, -0.2) is 9.59 Å². The Morgan fingerprint density at radius 2 is 1.56 bits per heavy atom. The van der Waals surface area contributed by atoms with E-state index < -0.39 is 36.4 Å². The van der Waals surface area contributed by atoms with Crippen LogP contribution in [0.15, 0.2) is 72.4 Å². The number of aromatic nitrogens is 1. The number of thiazole rings is 1. The number of nitrogens with zero attached hydrogens (tertiary/aromatic N) is 1. The molecular formula is C30H39N5O5S. The van der Waals surface area contributed by atoms with Crippen LogP contribution in [-0.4, -0.2) is 59.4 Å². The number of aliphatic hydroxyl groups is 1. The normalized spacial score (nSPS) is 13.9. The summed E-state index contributed by atoms with van der Waals surface area (Å²) in [7, 11) is 1.49. The molecule has 1 aromatic heterocycles. The summed E-state index contributed by atoms with van der Waals surface area (Å²) >= 11 is 1.38. The molecule has 0 bridgehead atoms. The first-order valence-electron chi connectivity index (χ1n) is 13.6. The summed E-state index contributed by atoms with van der Waals surface area (Å²) in [6, 6.07) is 16.8. The zero-order valence-corrected chi connectivity index (χ0v) is 24.4. The third-order valence-corrected chi connectivity index (χ3v) is 7.31. The summed E-state index contributed by atoms with van der Waals surface area (Å²) in [4.78, 5) is 42.8. The molecule has 0 spiro atoms. The van der Waals surface area contributed by atoms with E-state index in [-0.39, 0.29) is 24.9 Å². The number of nitrogens with one attached hydrogen (secondary N) is 4. The molecule has 0 aliphatic rings. The van der Waals surface area contributed by atoms with Crippen LogP contribution in [0.1, 0.15) is 36.3 Å². The molecule has 220 valence electrons. The number of benzene rings is 2. The van der Waals surface area contributed by atoms with E-state index in [4.69, 9.17) is 4.74 Å². The van der Waals surface area contributed by atoms with Crippen molar-refractivity contribution in [2.45, 2.75) is 63.9 Å². The fourth-order valence-corrected chi connectivity index (χ4v) is 4.89. The number of hydrogen-bond donors (Lipinski definition) is 5. The largest absolute Gasteiger partial charge is 0.444 e. The SMILES string of the molecule is CNC(=O)NC(C(=O)N[C@@H](Cc1ccccc1)C[C@H](O)[C@H](Cc1ccccc1)NC(=O)OCc1cncs1)C(C)C. The van der Waals surface area contributed by atoms with Crippen LogP contribution in [-0.2, 0) is 29.0 Å². The first-order valence-corrected chi connectivity index (χ1v) is 14.5. The Morgan fingerprint density at radius 3 is 2.12 bits per heavy atom. The summed E-state index contributed by atoms with van der Waals surface area (Å²) in [6.45, 7) is 3.77. The Bertz CT molecular complexity index is 1210. The van der Waals surface area contributed by atoms with Crippen molar-refractivity contribution in [2.24, 2.45) is 5.92 Å². The fraction of sp³-hybridized carbons (Fsp3) is 0.400. The van der Waals surface area contributed by atoms with Crippen LogP contribution in [0, 0.1) is 5.92 Å². The Labute approximate surface area is 244 Å². The van der Waals surface area contributed by atoms with Gasteiger partial charge < -0.3 is 31.1 Å². The topological polar surface area (TPSA) is 142 Å². The second-order valence-corrected chi connectivity index (χ2v) is 11.1. The number of rotatable bonds is 14. The van der Waals surface area contributed by atoms with Crippen LogP contribution < -0.4 is 21.3 Å². The van der Waals surface area contributed by atoms with Crippen LogP contribution in [0.2, 0.25) is 0 Å². The Morgan fingerprint density at radius 1 is 0.927 bits per heavy atom. The molecule has 11 heteroatoms. The van der Waals surface area contributed by atoms with Crippen molar-refractivity contribution in [3.8, 4) is 0 Å². The predicted octanol–water partition coefficient (Wildman–Crippen LogP) is 3.41. The van der Waals surface area contributed by atoms with Crippen molar-refractivity contribution in [1.29, 1.82) is 0 Å². The average Bonchev–Trinajstić information content (AvgIpc) is 3.49. The molecule has 3 aromatic rings. The zero-order valence-electron chi connectivity index (χ0n) is 23.6. The third kappa shape index (κ3) is 10.8. The van der Waals surface area contributed by atoms with Crippen LogP contribution in [0.5, 0.6) is 0 Å². The number of hydrogen-bond acceptors (Lipinski definition) is 7. The molecule has 0 radical (unpaired) electrons. The molecular weight excluding hydrogens is 542 g/mol. The first-order chi connectivity index (χ1) is 19.7. The van der Waals surface area contributed by atoms with Crippen molar-refractivity contribution in [1.82, 2.24) is 26.3 Å². The lowest BCUT2D eigenvalue weighted by Crippen LogP contribution is -2.55. The van der Waals surface area contributed by atoms with Crippen molar-refractivity contribution >= 4 is 29.4 Å². The fourth-order valence-electron chi connectivity index (χ4n) is 4.38.